The van der Waals surface area contributed by atoms with Crippen LogP contribution in [0.1, 0.15) is 10.4 Å². The maximum Gasteiger partial charge on any atom is 0.275 e. The molecule has 0 fully saturated rings. The molecule has 0 bridgehead atoms. The van der Waals surface area contributed by atoms with Crippen LogP contribution in [0.5, 0.6) is 11.5 Å². The van der Waals surface area contributed by atoms with E-state index in [1.807, 2.05) is 31.3 Å². The molecule has 1 aromatic carbocycles. The summed E-state index contributed by atoms with van der Waals surface area (Å²) in [5.41, 5.74) is 1.01. The Morgan fingerprint density at radius 2 is 2.18 bits per heavy atom. The molecule has 2 heterocycles. The lowest BCUT2D eigenvalue weighted by atomic mass is 10.2. The summed E-state index contributed by atoms with van der Waals surface area (Å²) in [5, 5.41) is 5.01. The van der Waals surface area contributed by atoms with Crippen molar-refractivity contribution in [2.24, 2.45) is 0 Å². The average Bonchev–Trinajstić information content (AvgIpc) is 3.15. The number of carbonyl (C=O) groups is 1. The number of ether oxygens (including phenoxy) is 2. The summed E-state index contributed by atoms with van der Waals surface area (Å²) in [4.78, 5) is 14.5. The first-order valence-electron chi connectivity index (χ1n) is 7.19. The average molecular weight is 319 g/mol. The van der Waals surface area contributed by atoms with Gasteiger partial charge in [-0.05, 0) is 29.1 Å². The number of benzene rings is 1. The molecule has 1 aromatic heterocycles. The summed E-state index contributed by atoms with van der Waals surface area (Å²) >= 11 is 1.72. The zero-order valence-corrected chi connectivity index (χ0v) is 13.2. The van der Waals surface area contributed by atoms with Crippen molar-refractivity contribution in [1.29, 1.82) is 0 Å². The van der Waals surface area contributed by atoms with Crippen molar-refractivity contribution in [2.45, 2.75) is 13.1 Å². The molecule has 2 aromatic rings. The molecule has 1 aliphatic rings. The van der Waals surface area contributed by atoms with Crippen LogP contribution >= 0.6 is 11.3 Å². The molecule has 116 valence electrons. The van der Waals surface area contributed by atoms with Crippen molar-refractivity contribution < 1.29 is 19.2 Å². The maximum absolute atomic E-state index is 12.0. The Balaban J connectivity index is 1.46. The van der Waals surface area contributed by atoms with Gasteiger partial charge in [-0.3, -0.25) is 4.79 Å². The normalized spacial score (nSPS) is 13.9. The fourth-order valence-electron chi connectivity index (χ4n) is 2.36. The first-order chi connectivity index (χ1) is 10.7. The Morgan fingerprint density at radius 3 is 3.00 bits per heavy atom. The van der Waals surface area contributed by atoms with E-state index in [9.17, 15) is 4.79 Å². The highest BCUT2D eigenvalue weighted by atomic mass is 32.1. The van der Waals surface area contributed by atoms with Crippen LogP contribution in [0.25, 0.3) is 0 Å². The Bertz CT molecular complexity index is 643. The van der Waals surface area contributed by atoms with Crippen LogP contribution < -0.4 is 19.7 Å². The first kappa shape index (κ1) is 14.9. The smallest absolute Gasteiger partial charge is 0.275 e. The largest absolute Gasteiger partial charge is 0.454 e. The molecule has 0 saturated heterocycles. The number of amides is 1. The van der Waals surface area contributed by atoms with Crippen molar-refractivity contribution in [3.05, 3.63) is 46.2 Å². The van der Waals surface area contributed by atoms with Gasteiger partial charge in [-0.15, -0.1) is 11.3 Å². The zero-order valence-electron chi connectivity index (χ0n) is 12.4. The standard InChI is InChI=1S/C16H18N2O3S/c1-18(9-13-3-2-6-22-13)10-16(19)17-8-12-4-5-14-15(7-12)21-11-20-14/h2-7H,8-11H2,1H3,(H,17,19)/p+1. The predicted octanol–water partition coefficient (Wildman–Crippen LogP) is 0.808. The Labute approximate surface area is 133 Å². The zero-order chi connectivity index (χ0) is 15.4. The van der Waals surface area contributed by atoms with Crippen LogP contribution in [0.4, 0.5) is 0 Å². The molecule has 3 rings (SSSR count). The number of rotatable bonds is 6. The molecular weight excluding hydrogens is 300 g/mol. The SMILES string of the molecule is C[NH+](CC(=O)NCc1ccc2c(c1)OCO2)Cc1cccs1. The van der Waals surface area contributed by atoms with Crippen LogP contribution in [0, 0.1) is 0 Å². The third-order valence-electron chi connectivity index (χ3n) is 3.45. The van der Waals surface area contributed by atoms with Crippen molar-refractivity contribution in [1.82, 2.24) is 5.32 Å². The number of hydrogen-bond donors (Lipinski definition) is 2. The second kappa shape index (κ2) is 6.81. The summed E-state index contributed by atoms with van der Waals surface area (Å²) in [5.74, 6) is 1.55. The Hall–Kier alpha value is -2.05. The van der Waals surface area contributed by atoms with Crippen molar-refractivity contribution in [3.8, 4) is 11.5 Å². The minimum atomic E-state index is 0.0479. The van der Waals surface area contributed by atoms with Gasteiger partial charge < -0.3 is 19.7 Å². The third-order valence-corrected chi connectivity index (χ3v) is 4.32. The minimum Gasteiger partial charge on any atom is -0.454 e. The van der Waals surface area contributed by atoms with Crippen molar-refractivity contribution in [2.75, 3.05) is 20.4 Å². The van der Waals surface area contributed by atoms with E-state index in [0.717, 1.165) is 23.6 Å². The van der Waals surface area contributed by atoms with E-state index in [2.05, 4.69) is 16.8 Å². The van der Waals surface area contributed by atoms with Crippen molar-refractivity contribution in [3.63, 3.8) is 0 Å². The molecule has 1 amide bonds. The number of quaternary nitrogens is 1. The molecule has 5 nitrogen and oxygen atoms in total. The van der Waals surface area contributed by atoms with E-state index < -0.39 is 0 Å². The molecule has 1 atom stereocenters. The number of fused-ring (bicyclic) bond motifs is 1. The van der Waals surface area contributed by atoms with Crippen LogP contribution in [0.15, 0.2) is 35.7 Å². The lowest BCUT2D eigenvalue weighted by molar-refractivity contribution is -0.885. The van der Waals surface area contributed by atoms with Gasteiger partial charge in [0.25, 0.3) is 5.91 Å². The molecule has 0 saturated carbocycles. The molecule has 0 radical (unpaired) electrons. The van der Waals surface area contributed by atoms with Crippen molar-refractivity contribution >= 4 is 17.2 Å². The van der Waals surface area contributed by atoms with Gasteiger partial charge in [-0.2, -0.15) is 0 Å². The summed E-state index contributed by atoms with van der Waals surface area (Å²) < 4.78 is 10.6. The van der Waals surface area contributed by atoms with Gasteiger partial charge in [-0.25, -0.2) is 0 Å². The summed E-state index contributed by atoms with van der Waals surface area (Å²) in [6, 6.07) is 9.85. The van der Waals surface area contributed by atoms with E-state index in [0.29, 0.717) is 13.1 Å². The topological polar surface area (TPSA) is 52.0 Å². The molecule has 0 aliphatic carbocycles. The molecule has 0 spiro atoms. The van der Waals surface area contributed by atoms with Crippen LogP contribution in [-0.2, 0) is 17.9 Å². The highest BCUT2D eigenvalue weighted by molar-refractivity contribution is 7.09. The maximum atomic E-state index is 12.0. The van der Waals surface area contributed by atoms with Gasteiger partial charge in [0, 0.05) is 6.54 Å². The fraction of sp³-hybridized carbons (Fsp3) is 0.312. The molecule has 22 heavy (non-hydrogen) atoms. The van der Waals surface area contributed by atoms with E-state index in [-0.39, 0.29) is 12.7 Å². The second-order valence-corrected chi connectivity index (χ2v) is 6.39. The van der Waals surface area contributed by atoms with Crippen LogP contribution in [-0.4, -0.2) is 26.3 Å². The summed E-state index contributed by atoms with van der Waals surface area (Å²) in [6.45, 7) is 2.10. The fourth-order valence-corrected chi connectivity index (χ4v) is 3.18. The van der Waals surface area contributed by atoms with E-state index in [4.69, 9.17) is 9.47 Å². The number of thiophene rings is 1. The molecule has 1 aliphatic heterocycles. The molecule has 1 unspecified atom stereocenters. The quantitative estimate of drug-likeness (QED) is 0.828. The number of carbonyl (C=O) groups excluding carboxylic acids is 1. The highest BCUT2D eigenvalue weighted by Gasteiger charge is 2.14. The van der Waals surface area contributed by atoms with E-state index >= 15 is 0 Å². The first-order valence-corrected chi connectivity index (χ1v) is 8.07. The second-order valence-electron chi connectivity index (χ2n) is 5.35. The van der Waals surface area contributed by atoms with E-state index in [1.54, 1.807) is 11.3 Å². The number of nitrogens with one attached hydrogen (secondary N) is 2. The van der Waals surface area contributed by atoms with Crippen LogP contribution in [0.2, 0.25) is 0 Å². The number of hydrogen-bond acceptors (Lipinski definition) is 4. The third kappa shape index (κ3) is 3.78. The Kier molecular flexibility index (Phi) is 4.60. The monoisotopic (exact) mass is 319 g/mol. The summed E-state index contributed by atoms with van der Waals surface area (Å²) in [6.07, 6.45) is 0. The van der Waals surface area contributed by atoms with Gasteiger partial charge >= 0.3 is 0 Å². The van der Waals surface area contributed by atoms with Gasteiger partial charge in [0.05, 0.1) is 11.9 Å². The van der Waals surface area contributed by atoms with Gasteiger partial charge in [0.1, 0.15) is 6.54 Å². The lowest BCUT2D eigenvalue weighted by Gasteiger charge is -2.13. The lowest BCUT2D eigenvalue weighted by Crippen LogP contribution is -3.08. The molecular formula is C16H19N2O3S+. The summed E-state index contributed by atoms with van der Waals surface area (Å²) in [7, 11) is 2.03. The van der Waals surface area contributed by atoms with Gasteiger partial charge in [-0.1, -0.05) is 12.1 Å². The minimum absolute atomic E-state index is 0.0479. The predicted molar refractivity (Wildman–Crippen MR) is 84.2 cm³/mol. The molecule has 2 N–H and O–H groups in total. The van der Waals surface area contributed by atoms with Gasteiger partial charge in [0.15, 0.2) is 18.0 Å². The number of likely N-dealkylation sites (N-methyl/N-ethyl adjacent to an activating group) is 1. The van der Waals surface area contributed by atoms with Gasteiger partial charge in [0.2, 0.25) is 6.79 Å². The highest BCUT2D eigenvalue weighted by Crippen LogP contribution is 2.32. The molecule has 6 heteroatoms. The Morgan fingerprint density at radius 1 is 1.32 bits per heavy atom. The van der Waals surface area contributed by atoms with E-state index in [1.165, 1.54) is 9.78 Å². The van der Waals surface area contributed by atoms with Crippen LogP contribution in [0.3, 0.4) is 0 Å².